The van der Waals surface area contributed by atoms with Gasteiger partial charge < -0.3 is 19.9 Å². The van der Waals surface area contributed by atoms with E-state index in [2.05, 4.69) is 57.5 Å². The molecule has 2 aromatic carbocycles. The first kappa shape index (κ1) is 27.9. The van der Waals surface area contributed by atoms with Crippen LogP contribution in [0.25, 0.3) is 22.3 Å². The Morgan fingerprint density at radius 2 is 1.67 bits per heavy atom. The van der Waals surface area contributed by atoms with E-state index < -0.39 is 8.07 Å². The summed E-state index contributed by atoms with van der Waals surface area (Å²) in [6.07, 6.45) is 3.02. The molecule has 0 fully saturated rings. The summed E-state index contributed by atoms with van der Waals surface area (Å²) in [6.45, 7) is 13.6. The minimum absolute atomic E-state index is 0.124. The predicted octanol–water partition coefficient (Wildman–Crippen LogP) is 6.02. The zero-order chi connectivity index (χ0) is 28.0. The van der Waals surface area contributed by atoms with Gasteiger partial charge in [-0.1, -0.05) is 50.5 Å². The summed E-state index contributed by atoms with van der Waals surface area (Å²) in [5.41, 5.74) is 5.96. The number of hydrogen-bond donors (Lipinski definition) is 2. The van der Waals surface area contributed by atoms with E-state index in [1.165, 1.54) is 6.08 Å². The minimum atomic E-state index is -1.19. The molecule has 0 spiro atoms. The number of hydrogen-bond acceptors (Lipinski definition) is 5. The number of anilines is 2. The van der Waals surface area contributed by atoms with Crippen molar-refractivity contribution in [2.75, 3.05) is 17.2 Å². The number of aromatic nitrogens is 3. The van der Waals surface area contributed by atoms with Gasteiger partial charge in [-0.05, 0) is 60.5 Å². The average Bonchev–Trinajstić information content (AvgIpc) is 3.27. The van der Waals surface area contributed by atoms with E-state index in [0.29, 0.717) is 18.1 Å². The molecule has 4 aromatic rings. The van der Waals surface area contributed by atoms with Gasteiger partial charge in [0, 0.05) is 31.4 Å². The number of ether oxygens (including phenoxy) is 1. The second-order valence-electron chi connectivity index (χ2n) is 10.7. The van der Waals surface area contributed by atoms with Crippen LogP contribution in [0.2, 0.25) is 25.7 Å². The summed E-state index contributed by atoms with van der Waals surface area (Å²) in [5.74, 6) is -0.400. The third-order valence-electron chi connectivity index (χ3n) is 6.34. The molecule has 2 aromatic heterocycles. The Balaban J connectivity index is 1.45. The molecule has 4 rings (SSSR count). The quantitative estimate of drug-likeness (QED) is 0.137. The lowest BCUT2D eigenvalue weighted by molar-refractivity contribution is -0.115. The summed E-state index contributed by atoms with van der Waals surface area (Å²) in [5, 5.41) is 6.65. The summed E-state index contributed by atoms with van der Waals surface area (Å²) >= 11 is 0. The first-order valence-corrected chi connectivity index (χ1v) is 16.6. The van der Waals surface area contributed by atoms with Gasteiger partial charge in [-0.3, -0.25) is 9.59 Å². The topological polar surface area (TPSA) is 98.1 Å². The van der Waals surface area contributed by atoms with Gasteiger partial charge in [0.25, 0.3) is 0 Å². The van der Waals surface area contributed by atoms with Crippen LogP contribution in [-0.4, -0.2) is 41.0 Å². The predicted molar refractivity (Wildman–Crippen MR) is 159 cm³/mol. The highest BCUT2D eigenvalue weighted by Crippen LogP contribution is 2.29. The van der Waals surface area contributed by atoms with Crippen molar-refractivity contribution in [3.63, 3.8) is 0 Å². The van der Waals surface area contributed by atoms with Crippen molar-refractivity contribution in [3.05, 3.63) is 84.8 Å². The van der Waals surface area contributed by atoms with Crippen LogP contribution >= 0.6 is 0 Å². The Morgan fingerprint density at radius 3 is 2.33 bits per heavy atom. The van der Waals surface area contributed by atoms with Crippen LogP contribution in [0.1, 0.15) is 11.3 Å². The summed E-state index contributed by atoms with van der Waals surface area (Å²) in [4.78, 5) is 33.0. The van der Waals surface area contributed by atoms with E-state index in [-0.39, 0.29) is 18.2 Å². The molecule has 2 N–H and O–H groups in total. The van der Waals surface area contributed by atoms with Crippen molar-refractivity contribution in [1.29, 1.82) is 0 Å². The van der Waals surface area contributed by atoms with Crippen molar-refractivity contribution in [1.82, 2.24) is 14.5 Å². The number of amides is 2. The molecule has 2 heterocycles. The van der Waals surface area contributed by atoms with E-state index >= 15 is 0 Å². The number of nitrogens with one attached hydrogen (secondary N) is 2. The molecule has 9 heteroatoms. The standard InChI is InChI=1S/C30H35N5O3Si/c1-6-28(36)33-24-11-7-22(8-12-24)17-29(37)34-25-13-9-23(10-14-25)27-18-26-21(2)31-19-32-30(26)35(27)20-38-15-16-39(3,4)5/h6-14,18-19H,1,15-17,20H2,2-5H3,(H,33,36)(H,34,37). The van der Waals surface area contributed by atoms with Gasteiger partial charge in [-0.25, -0.2) is 9.97 Å². The van der Waals surface area contributed by atoms with Crippen LogP contribution in [0.3, 0.4) is 0 Å². The number of carbonyl (C=O) groups excluding carboxylic acids is 2. The third kappa shape index (κ3) is 7.49. The van der Waals surface area contributed by atoms with Crippen molar-refractivity contribution < 1.29 is 14.3 Å². The van der Waals surface area contributed by atoms with Gasteiger partial charge in [0.15, 0.2) is 0 Å². The number of benzene rings is 2. The minimum Gasteiger partial charge on any atom is -0.361 e. The lowest BCUT2D eigenvalue weighted by Gasteiger charge is -2.17. The first-order chi connectivity index (χ1) is 18.6. The second kappa shape index (κ2) is 12.2. The fourth-order valence-electron chi connectivity index (χ4n) is 4.10. The molecule has 0 bridgehead atoms. The highest BCUT2D eigenvalue weighted by Gasteiger charge is 2.16. The molecule has 0 aliphatic carbocycles. The van der Waals surface area contributed by atoms with Gasteiger partial charge in [0.2, 0.25) is 11.8 Å². The normalized spacial score (nSPS) is 11.4. The molecular weight excluding hydrogens is 506 g/mol. The fraction of sp³-hybridized carbons (Fsp3) is 0.267. The molecule has 39 heavy (non-hydrogen) atoms. The SMILES string of the molecule is C=CC(=O)Nc1ccc(CC(=O)Nc2ccc(-c3cc4c(C)ncnc4n3COCC[Si](C)(C)C)cc2)cc1. The molecule has 0 aliphatic rings. The van der Waals surface area contributed by atoms with E-state index in [1.54, 1.807) is 18.5 Å². The maximum Gasteiger partial charge on any atom is 0.247 e. The fourth-order valence-corrected chi connectivity index (χ4v) is 4.86. The van der Waals surface area contributed by atoms with Gasteiger partial charge in [-0.2, -0.15) is 0 Å². The Hall–Kier alpha value is -4.08. The van der Waals surface area contributed by atoms with Crippen molar-refractivity contribution in [2.45, 2.75) is 45.8 Å². The van der Waals surface area contributed by atoms with Crippen LogP contribution in [0.15, 0.2) is 73.6 Å². The largest absolute Gasteiger partial charge is 0.361 e. The van der Waals surface area contributed by atoms with Gasteiger partial charge >= 0.3 is 0 Å². The smallest absolute Gasteiger partial charge is 0.247 e. The maximum atomic E-state index is 12.6. The second-order valence-corrected chi connectivity index (χ2v) is 16.3. The summed E-state index contributed by atoms with van der Waals surface area (Å²) < 4.78 is 8.17. The van der Waals surface area contributed by atoms with Crippen molar-refractivity contribution >= 4 is 42.3 Å². The molecular formula is C30H35N5O3Si. The molecule has 0 aliphatic heterocycles. The number of carbonyl (C=O) groups is 2. The lowest BCUT2D eigenvalue weighted by atomic mass is 10.1. The van der Waals surface area contributed by atoms with Crippen LogP contribution in [-0.2, 0) is 27.5 Å². The maximum absolute atomic E-state index is 12.6. The Bertz CT molecular complexity index is 1470. The Morgan fingerprint density at radius 1 is 1.00 bits per heavy atom. The van der Waals surface area contributed by atoms with Crippen LogP contribution in [0.4, 0.5) is 11.4 Å². The van der Waals surface area contributed by atoms with E-state index in [0.717, 1.165) is 46.2 Å². The number of nitrogens with zero attached hydrogens (tertiary/aromatic N) is 3. The average molecular weight is 542 g/mol. The van der Waals surface area contributed by atoms with Crippen LogP contribution in [0, 0.1) is 6.92 Å². The zero-order valence-corrected chi connectivity index (χ0v) is 24.0. The first-order valence-electron chi connectivity index (χ1n) is 12.9. The molecule has 0 saturated carbocycles. The van der Waals surface area contributed by atoms with E-state index in [1.807, 2.05) is 43.3 Å². The van der Waals surface area contributed by atoms with Crippen molar-refractivity contribution in [2.24, 2.45) is 0 Å². The lowest BCUT2D eigenvalue weighted by Crippen LogP contribution is -2.22. The van der Waals surface area contributed by atoms with Gasteiger partial charge in [0.1, 0.15) is 18.7 Å². The van der Waals surface area contributed by atoms with Gasteiger partial charge in [0.05, 0.1) is 17.8 Å². The third-order valence-corrected chi connectivity index (χ3v) is 8.05. The monoisotopic (exact) mass is 541 g/mol. The molecule has 0 radical (unpaired) electrons. The number of fused-ring (bicyclic) bond motifs is 1. The Labute approximate surface area is 230 Å². The zero-order valence-electron chi connectivity index (χ0n) is 23.0. The van der Waals surface area contributed by atoms with E-state index in [4.69, 9.17) is 4.74 Å². The number of aryl methyl sites for hydroxylation is 1. The highest BCUT2D eigenvalue weighted by atomic mass is 28.3. The number of rotatable bonds is 11. The van der Waals surface area contributed by atoms with E-state index in [9.17, 15) is 9.59 Å². The molecule has 2 amide bonds. The molecule has 0 atom stereocenters. The molecule has 0 saturated heterocycles. The summed E-state index contributed by atoms with van der Waals surface area (Å²) in [7, 11) is -1.19. The molecule has 202 valence electrons. The summed E-state index contributed by atoms with van der Waals surface area (Å²) in [6, 6.07) is 18.1. The van der Waals surface area contributed by atoms with Crippen LogP contribution < -0.4 is 10.6 Å². The molecule has 8 nitrogen and oxygen atoms in total. The molecule has 0 unspecified atom stereocenters. The van der Waals surface area contributed by atoms with Crippen LogP contribution in [0.5, 0.6) is 0 Å². The van der Waals surface area contributed by atoms with Crippen molar-refractivity contribution in [3.8, 4) is 11.3 Å². The Kier molecular flexibility index (Phi) is 8.73. The van der Waals surface area contributed by atoms with Gasteiger partial charge in [-0.15, -0.1) is 0 Å². The highest BCUT2D eigenvalue weighted by molar-refractivity contribution is 6.76.